The maximum absolute atomic E-state index is 11.2. The largest absolute Gasteiger partial charge is 0.468 e. The molecule has 0 spiro atoms. The van der Waals surface area contributed by atoms with Gasteiger partial charge in [0.1, 0.15) is 0 Å². The summed E-state index contributed by atoms with van der Waals surface area (Å²) in [7, 11) is 1.40. The van der Waals surface area contributed by atoms with E-state index in [-0.39, 0.29) is 17.8 Å². The highest BCUT2D eigenvalue weighted by atomic mass is 32.2. The third-order valence-corrected chi connectivity index (χ3v) is 4.33. The monoisotopic (exact) mass is 284 g/mol. The molecule has 0 amide bonds. The topological polar surface area (TPSA) is 53.3 Å². The number of hydrogen-bond donors (Lipinski definition) is 0. The number of imidazole rings is 1. The molecule has 1 aromatic rings. The van der Waals surface area contributed by atoms with Gasteiger partial charge in [-0.15, -0.1) is 0 Å². The summed E-state index contributed by atoms with van der Waals surface area (Å²) < 4.78 is 12.5. The first-order valence-corrected chi connectivity index (χ1v) is 7.45. The molecule has 0 aromatic carbocycles. The van der Waals surface area contributed by atoms with Crippen LogP contribution in [0.2, 0.25) is 0 Å². The van der Waals surface area contributed by atoms with Gasteiger partial charge in [0.05, 0.1) is 31.2 Å². The lowest BCUT2D eigenvalue weighted by Crippen LogP contribution is -2.17. The molecule has 1 atom stereocenters. The van der Waals surface area contributed by atoms with Gasteiger partial charge in [0.25, 0.3) is 0 Å². The zero-order chi connectivity index (χ0) is 13.8. The van der Waals surface area contributed by atoms with Crippen molar-refractivity contribution in [1.82, 2.24) is 9.55 Å². The summed E-state index contributed by atoms with van der Waals surface area (Å²) in [5, 5.41) is 0.871. The fraction of sp³-hybridized carbons (Fsp3) is 0.692. The van der Waals surface area contributed by atoms with Crippen molar-refractivity contribution in [3.05, 3.63) is 11.4 Å². The first-order chi connectivity index (χ1) is 9.11. The van der Waals surface area contributed by atoms with E-state index in [0.717, 1.165) is 42.5 Å². The van der Waals surface area contributed by atoms with E-state index in [0.29, 0.717) is 0 Å². The molecule has 0 bridgehead atoms. The number of aryl methyl sites for hydroxylation is 1. The molecule has 1 aliphatic rings. The van der Waals surface area contributed by atoms with E-state index < -0.39 is 0 Å². The summed E-state index contributed by atoms with van der Waals surface area (Å²) in [6, 6.07) is 0. The zero-order valence-corrected chi connectivity index (χ0v) is 12.5. The Bertz CT molecular complexity index is 453. The Hall–Kier alpha value is -1.01. The summed E-state index contributed by atoms with van der Waals surface area (Å²) in [4.78, 5) is 15.7. The number of carbonyl (C=O) groups is 1. The Labute approximate surface area is 117 Å². The van der Waals surface area contributed by atoms with E-state index in [1.807, 2.05) is 6.92 Å². The molecule has 1 fully saturated rings. The van der Waals surface area contributed by atoms with Gasteiger partial charge in [-0.05, 0) is 26.7 Å². The quantitative estimate of drug-likeness (QED) is 0.611. The molecule has 1 aliphatic heterocycles. The van der Waals surface area contributed by atoms with E-state index in [1.54, 1.807) is 0 Å². The maximum Gasteiger partial charge on any atom is 0.316 e. The fourth-order valence-electron chi connectivity index (χ4n) is 2.12. The summed E-state index contributed by atoms with van der Waals surface area (Å²) in [6.45, 7) is 5.71. The normalized spacial score (nSPS) is 18.8. The first-order valence-electron chi connectivity index (χ1n) is 6.46. The predicted octanol–water partition coefficient (Wildman–Crippen LogP) is 1.94. The van der Waals surface area contributed by atoms with E-state index in [2.05, 4.69) is 21.2 Å². The molecule has 19 heavy (non-hydrogen) atoms. The minimum atomic E-state index is -0.230. The van der Waals surface area contributed by atoms with Gasteiger partial charge < -0.3 is 14.0 Å². The molecular formula is C13H20N2O3S. The fourth-order valence-corrected chi connectivity index (χ4v) is 3.06. The Balaban J connectivity index is 2.08. The molecule has 0 unspecified atom stereocenters. The number of hydrogen-bond acceptors (Lipinski definition) is 5. The van der Waals surface area contributed by atoms with Crippen molar-refractivity contribution in [3.63, 3.8) is 0 Å². The third kappa shape index (κ3) is 3.51. The lowest BCUT2D eigenvalue weighted by molar-refractivity contribution is -0.137. The van der Waals surface area contributed by atoms with Crippen molar-refractivity contribution in [2.75, 3.05) is 19.5 Å². The van der Waals surface area contributed by atoms with Crippen LogP contribution in [-0.4, -0.2) is 41.1 Å². The maximum atomic E-state index is 11.2. The smallest absolute Gasteiger partial charge is 0.316 e. The SMILES string of the molecule is COC(=O)CSc1nc(C)c(C)n1C[C@H]1CCCO1. The lowest BCUT2D eigenvalue weighted by Gasteiger charge is -2.14. The predicted molar refractivity (Wildman–Crippen MR) is 73.4 cm³/mol. The van der Waals surface area contributed by atoms with Gasteiger partial charge in [0.2, 0.25) is 0 Å². The van der Waals surface area contributed by atoms with Gasteiger partial charge in [-0.25, -0.2) is 4.98 Å². The summed E-state index contributed by atoms with van der Waals surface area (Å²) in [6.07, 6.45) is 2.49. The van der Waals surface area contributed by atoms with Crippen LogP contribution in [0.15, 0.2) is 5.16 Å². The molecular weight excluding hydrogens is 264 g/mol. The van der Waals surface area contributed by atoms with Crippen LogP contribution in [0.3, 0.4) is 0 Å². The van der Waals surface area contributed by atoms with Crippen LogP contribution in [0.25, 0.3) is 0 Å². The molecule has 5 nitrogen and oxygen atoms in total. The zero-order valence-electron chi connectivity index (χ0n) is 11.6. The third-order valence-electron chi connectivity index (χ3n) is 3.38. The van der Waals surface area contributed by atoms with Crippen molar-refractivity contribution in [2.45, 2.75) is 44.5 Å². The number of rotatable bonds is 5. The van der Waals surface area contributed by atoms with Gasteiger partial charge in [-0.1, -0.05) is 11.8 Å². The number of esters is 1. The van der Waals surface area contributed by atoms with Crippen LogP contribution in [0.5, 0.6) is 0 Å². The highest BCUT2D eigenvalue weighted by molar-refractivity contribution is 7.99. The van der Waals surface area contributed by atoms with Crippen molar-refractivity contribution in [3.8, 4) is 0 Å². The molecule has 2 heterocycles. The summed E-state index contributed by atoms with van der Waals surface area (Å²) in [5.41, 5.74) is 2.15. The van der Waals surface area contributed by atoms with Crippen LogP contribution in [0, 0.1) is 13.8 Å². The second-order valence-electron chi connectivity index (χ2n) is 4.68. The molecule has 0 saturated carbocycles. The molecule has 106 valence electrons. The summed E-state index contributed by atoms with van der Waals surface area (Å²) in [5.74, 6) is 0.0599. The lowest BCUT2D eigenvalue weighted by atomic mass is 10.2. The second kappa shape index (κ2) is 6.43. The van der Waals surface area contributed by atoms with E-state index >= 15 is 0 Å². The Morgan fingerprint density at radius 3 is 3.00 bits per heavy atom. The molecule has 1 saturated heterocycles. The molecule has 0 radical (unpaired) electrons. The highest BCUT2D eigenvalue weighted by Crippen LogP contribution is 2.24. The van der Waals surface area contributed by atoms with Crippen molar-refractivity contribution in [1.29, 1.82) is 0 Å². The van der Waals surface area contributed by atoms with Crippen LogP contribution in [0.1, 0.15) is 24.2 Å². The standard InChI is InChI=1S/C13H20N2O3S/c1-9-10(2)15(7-11-5-4-6-18-11)13(14-9)19-8-12(16)17-3/h11H,4-8H2,1-3H3/t11-/m1/s1. The van der Waals surface area contributed by atoms with Crippen molar-refractivity contribution < 1.29 is 14.3 Å². The van der Waals surface area contributed by atoms with Crippen LogP contribution in [0.4, 0.5) is 0 Å². The summed E-state index contributed by atoms with van der Waals surface area (Å²) >= 11 is 1.42. The average molecular weight is 284 g/mol. The van der Waals surface area contributed by atoms with Crippen LogP contribution < -0.4 is 0 Å². The molecule has 0 aliphatic carbocycles. The number of carbonyl (C=O) groups excluding carboxylic acids is 1. The van der Waals surface area contributed by atoms with E-state index in [9.17, 15) is 4.79 Å². The number of ether oxygens (including phenoxy) is 2. The number of methoxy groups -OCH3 is 1. The minimum Gasteiger partial charge on any atom is -0.468 e. The average Bonchev–Trinajstić information content (AvgIpc) is 3.00. The Morgan fingerprint density at radius 2 is 2.37 bits per heavy atom. The van der Waals surface area contributed by atoms with E-state index in [4.69, 9.17) is 4.74 Å². The van der Waals surface area contributed by atoms with Gasteiger partial charge in [-0.3, -0.25) is 4.79 Å². The van der Waals surface area contributed by atoms with Gasteiger partial charge in [-0.2, -0.15) is 0 Å². The second-order valence-corrected chi connectivity index (χ2v) is 5.62. The van der Waals surface area contributed by atoms with Crippen molar-refractivity contribution >= 4 is 17.7 Å². The highest BCUT2D eigenvalue weighted by Gasteiger charge is 2.20. The minimum absolute atomic E-state index is 0.230. The Kier molecular flexibility index (Phi) is 4.87. The van der Waals surface area contributed by atoms with Crippen LogP contribution in [-0.2, 0) is 20.8 Å². The van der Waals surface area contributed by atoms with Crippen LogP contribution >= 0.6 is 11.8 Å². The Morgan fingerprint density at radius 1 is 1.58 bits per heavy atom. The van der Waals surface area contributed by atoms with Gasteiger partial charge >= 0.3 is 5.97 Å². The molecule has 1 aromatic heterocycles. The van der Waals surface area contributed by atoms with Gasteiger partial charge in [0.15, 0.2) is 5.16 Å². The van der Waals surface area contributed by atoms with Gasteiger partial charge in [0, 0.05) is 12.3 Å². The number of thioether (sulfide) groups is 1. The number of aromatic nitrogens is 2. The van der Waals surface area contributed by atoms with Crippen molar-refractivity contribution in [2.24, 2.45) is 0 Å². The number of nitrogens with zero attached hydrogens (tertiary/aromatic N) is 2. The molecule has 0 N–H and O–H groups in total. The molecule has 2 rings (SSSR count). The first kappa shape index (κ1) is 14.4. The van der Waals surface area contributed by atoms with E-state index in [1.165, 1.54) is 18.9 Å². The molecule has 6 heteroatoms.